The van der Waals surface area contributed by atoms with Crippen molar-refractivity contribution in [1.82, 2.24) is 5.48 Å². The van der Waals surface area contributed by atoms with Crippen molar-refractivity contribution >= 4 is 5.97 Å². The summed E-state index contributed by atoms with van der Waals surface area (Å²) in [4.78, 5) is 12.1. The van der Waals surface area contributed by atoms with Crippen LogP contribution in [0.25, 0.3) is 0 Å². The van der Waals surface area contributed by atoms with Crippen molar-refractivity contribution in [2.24, 2.45) is 0 Å². The van der Waals surface area contributed by atoms with Crippen molar-refractivity contribution in [2.75, 3.05) is 6.61 Å². The van der Waals surface area contributed by atoms with Crippen LogP contribution in [-0.2, 0) is 16.0 Å². The van der Waals surface area contributed by atoms with Crippen LogP contribution in [0.4, 0.5) is 0 Å². The van der Waals surface area contributed by atoms with E-state index in [0.29, 0.717) is 13.0 Å². The number of carbonyl (C=O) groups excluding carboxylic acids is 1. The Bertz CT molecular complexity index is 520. The summed E-state index contributed by atoms with van der Waals surface area (Å²) in [5.74, 6) is -0.382. The Morgan fingerprint density at radius 1 is 0.774 bits per heavy atom. The molecule has 1 aromatic rings. The Balaban J connectivity index is 1.86. The summed E-state index contributed by atoms with van der Waals surface area (Å²) >= 11 is 0. The van der Waals surface area contributed by atoms with Crippen LogP contribution in [0.3, 0.4) is 0 Å². The van der Waals surface area contributed by atoms with Crippen LogP contribution in [0.5, 0.6) is 0 Å². The van der Waals surface area contributed by atoms with Gasteiger partial charge in [0.2, 0.25) is 0 Å². The van der Waals surface area contributed by atoms with E-state index in [2.05, 4.69) is 12.4 Å². The molecule has 0 bridgehead atoms. The third-order valence-electron chi connectivity index (χ3n) is 5.97. The van der Waals surface area contributed by atoms with Gasteiger partial charge in [0.05, 0.1) is 6.61 Å². The fraction of sp³-hybridized carbons (Fsp3) is 0.741. The number of benzene rings is 1. The van der Waals surface area contributed by atoms with Crippen molar-refractivity contribution in [2.45, 2.75) is 122 Å². The van der Waals surface area contributed by atoms with Crippen molar-refractivity contribution < 1.29 is 14.7 Å². The number of hydrogen-bond acceptors (Lipinski definition) is 4. The Kier molecular flexibility index (Phi) is 18.3. The van der Waals surface area contributed by atoms with Gasteiger partial charge in [-0.25, -0.2) is 0 Å². The number of hydrogen-bond donors (Lipinski definition) is 2. The van der Waals surface area contributed by atoms with Crippen molar-refractivity contribution in [3.05, 3.63) is 35.9 Å². The largest absolute Gasteiger partial charge is 0.464 e. The van der Waals surface area contributed by atoms with E-state index in [-0.39, 0.29) is 5.97 Å². The number of nitrogens with one attached hydrogen (secondary N) is 1. The van der Waals surface area contributed by atoms with Gasteiger partial charge in [-0.3, -0.25) is 4.79 Å². The molecular formula is C27H47NO3. The third kappa shape index (κ3) is 16.0. The normalized spacial score (nSPS) is 12.1. The molecule has 0 aliphatic heterocycles. The van der Waals surface area contributed by atoms with E-state index in [1.54, 1.807) is 0 Å². The van der Waals surface area contributed by atoms with E-state index in [1.807, 2.05) is 30.3 Å². The standard InChI is InChI=1S/C27H47NO3/c1-2-3-4-5-6-7-8-9-10-11-12-13-14-15-16-20-23-31-27(29)26(28-30)24-25-21-18-17-19-22-25/h17-19,21-22,26,28,30H,2-16,20,23-24H2,1H3/t26-/m0/s1. The molecule has 0 saturated heterocycles. The number of esters is 1. The minimum atomic E-state index is -0.705. The first-order valence-corrected chi connectivity index (χ1v) is 12.9. The average Bonchev–Trinajstić information content (AvgIpc) is 2.80. The van der Waals surface area contributed by atoms with Gasteiger partial charge in [-0.15, -0.1) is 0 Å². The molecule has 4 nitrogen and oxygen atoms in total. The second-order valence-corrected chi connectivity index (χ2v) is 8.84. The summed E-state index contributed by atoms with van der Waals surface area (Å²) in [6.45, 7) is 2.71. The molecule has 1 aromatic carbocycles. The van der Waals surface area contributed by atoms with Crippen molar-refractivity contribution in [3.8, 4) is 0 Å². The average molecular weight is 434 g/mol. The van der Waals surface area contributed by atoms with Gasteiger partial charge in [-0.05, 0) is 12.0 Å². The second kappa shape index (κ2) is 20.5. The first-order valence-electron chi connectivity index (χ1n) is 12.9. The maximum Gasteiger partial charge on any atom is 0.325 e. The number of rotatable bonds is 21. The van der Waals surface area contributed by atoms with Crippen LogP contribution in [0, 0.1) is 0 Å². The lowest BCUT2D eigenvalue weighted by atomic mass is 10.0. The van der Waals surface area contributed by atoms with E-state index >= 15 is 0 Å². The lowest BCUT2D eigenvalue weighted by Crippen LogP contribution is -2.38. The maximum absolute atomic E-state index is 12.1. The van der Waals surface area contributed by atoms with Gasteiger partial charge in [-0.1, -0.05) is 134 Å². The lowest BCUT2D eigenvalue weighted by molar-refractivity contribution is -0.149. The van der Waals surface area contributed by atoms with Gasteiger partial charge in [-0.2, -0.15) is 5.48 Å². The molecule has 0 spiro atoms. The fourth-order valence-electron chi connectivity index (χ4n) is 3.95. The van der Waals surface area contributed by atoms with Gasteiger partial charge < -0.3 is 9.94 Å². The minimum absolute atomic E-state index is 0.382. The molecular weight excluding hydrogens is 386 g/mol. The summed E-state index contributed by atoms with van der Waals surface area (Å²) in [5, 5.41) is 9.25. The van der Waals surface area contributed by atoms with Gasteiger partial charge in [0.15, 0.2) is 0 Å². The summed E-state index contributed by atoms with van der Waals surface area (Å²) in [6, 6.07) is 8.95. The van der Waals surface area contributed by atoms with Crippen LogP contribution in [0.15, 0.2) is 30.3 Å². The molecule has 0 aliphatic carbocycles. The first kappa shape index (κ1) is 27.6. The fourth-order valence-corrected chi connectivity index (χ4v) is 3.95. The molecule has 1 atom stereocenters. The highest BCUT2D eigenvalue weighted by atomic mass is 16.5. The number of ether oxygens (including phenoxy) is 1. The van der Waals surface area contributed by atoms with Crippen molar-refractivity contribution in [3.63, 3.8) is 0 Å². The monoisotopic (exact) mass is 433 g/mol. The highest BCUT2D eigenvalue weighted by Crippen LogP contribution is 2.14. The molecule has 2 N–H and O–H groups in total. The van der Waals surface area contributed by atoms with Crippen molar-refractivity contribution in [1.29, 1.82) is 0 Å². The van der Waals surface area contributed by atoms with Crippen LogP contribution in [-0.4, -0.2) is 23.8 Å². The Morgan fingerprint density at radius 2 is 1.23 bits per heavy atom. The third-order valence-corrected chi connectivity index (χ3v) is 5.97. The van der Waals surface area contributed by atoms with E-state index < -0.39 is 6.04 Å². The quantitative estimate of drug-likeness (QED) is 0.121. The SMILES string of the molecule is CCCCCCCCCCCCCCCCCCOC(=O)[C@H](Cc1ccccc1)NO. The maximum atomic E-state index is 12.1. The predicted molar refractivity (Wildman–Crippen MR) is 129 cm³/mol. The molecule has 0 heterocycles. The van der Waals surface area contributed by atoms with E-state index in [1.165, 1.54) is 89.9 Å². The molecule has 178 valence electrons. The number of hydroxylamine groups is 1. The van der Waals surface area contributed by atoms with Gasteiger partial charge in [0.1, 0.15) is 6.04 Å². The van der Waals surface area contributed by atoms with Crippen LogP contribution in [0.1, 0.15) is 115 Å². The van der Waals surface area contributed by atoms with Gasteiger partial charge in [0, 0.05) is 6.42 Å². The zero-order valence-corrected chi connectivity index (χ0v) is 20.0. The molecule has 1 rings (SSSR count). The highest BCUT2D eigenvalue weighted by molar-refractivity contribution is 5.76. The van der Waals surface area contributed by atoms with E-state index in [0.717, 1.165) is 18.4 Å². The molecule has 0 fully saturated rings. The number of unbranched alkanes of at least 4 members (excludes halogenated alkanes) is 15. The summed E-state index contributed by atoms with van der Waals surface area (Å²) < 4.78 is 5.32. The molecule has 0 radical (unpaired) electrons. The first-order chi connectivity index (χ1) is 15.3. The molecule has 31 heavy (non-hydrogen) atoms. The molecule has 0 aromatic heterocycles. The summed E-state index contributed by atoms with van der Waals surface area (Å²) in [6.07, 6.45) is 21.6. The second-order valence-electron chi connectivity index (χ2n) is 8.84. The zero-order valence-electron chi connectivity index (χ0n) is 20.0. The smallest absolute Gasteiger partial charge is 0.325 e. The van der Waals surface area contributed by atoms with Crippen LogP contribution < -0.4 is 5.48 Å². The van der Waals surface area contributed by atoms with E-state index in [9.17, 15) is 10.0 Å². The van der Waals surface area contributed by atoms with E-state index in [4.69, 9.17) is 4.74 Å². The molecule has 0 aliphatic rings. The van der Waals surface area contributed by atoms with Crippen LogP contribution >= 0.6 is 0 Å². The molecule has 0 unspecified atom stereocenters. The molecule has 0 saturated carbocycles. The topological polar surface area (TPSA) is 58.6 Å². The van der Waals surface area contributed by atoms with Crippen LogP contribution in [0.2, 0.25) is 0 Å². The minimum Gasteiger partial charge on any atom is -0.464 e. The molecule has 4 heteroatoms. The Morgan fingerprint density at radius 3 is 1.68 bits per heavy atom. The lowest BCUT2D eigenvalue weighted by Gasteiger charge is -2.14. The molecule has 0 amide bonds. The highest BCUT2D eigenvalue weighted by Gasteiger charge is 2.19. The summed E-state index contributed by atoms with van der Waals surface area (Å²) in [7, 11) is 0. The zero-order chi connectivity index (χ0) is 22.4. The summed E-state index contributed by atoms with van der Waals surface area (Å²) in [5.41, 5.74) is 3.08. The van der Waals surface area contributed by atoms with Gasteiger partial charge in [0.25, 0.3) is 0 Å². The van der Waals surface area contributed by atoms with Gasteiger partial charge >= 0.3 is 5.97 Å². The Hall–Kier alpha value is -1.39. The predicted octanol–water partition coefficient (Wildman–Crippen LogP) is 7.38. The number of carbonyl (C=O) groups is 1. The Labute approximate surface area is 191 Å².